The molecule has 0 saturated heterocycles. The van der Waals surface area contributed by atoms with Crippen molar-refractivity contribution in [3.05, 3.63) is 104 Å². The molecule has 4 rings (SSSR count). The van der Waals surface area contributed by atoms with Crippen LogP contribution >= 0.6 is 22.6 Å². The molecule has 1 atom stereocenters. The molecule has 0 radical (unpaired) electrons. The van der Waals surface area contributed by atoms with Crippen molar-refractivity contribution in [2.45, 2.75) is 24.3 Å². The molecule has 1 heterocycles. The monoisotopic (exact) mass is 588 g/mol. The van der Waals surface area contributed by atoms with Crippen LogP contribution in [0, 0.1) is 10.5 Å². The second-order valence-electron chi connectivity index (χ2n) is 7.77. The molecule has 0 spiro atoms. The quantitative estimate of drug-likeness (QED) is 0.248. The zero-order chi connectivity index (χ0) is 24.3. The summed E-state index contributed by atoms with van der Waals surface area (Å²) in [5.41, 5.74) is 1.80. The van der Waals surface area contributed by atoms with Crippen molar-refractivity contribution in [1.29, 1.82) is 0 Å². The number of carbonyl (C=O) groups is 1. The first-order valence-corrected chi connectivity index (χ1v) is 12.9. The van der Waals surface area contributed by atoms with E-state index in [2.05, 4.69) is 32.6 Å². The number of benzene rings is 3. The van der Waals surface area contributed by atoms with Crippen LogP contribution in [0.15, 0.2) is 93.0 Å². The molecule has 0 bridgehead atoms. The number of hydrogen-bond donors (Lipinski definition) is 2. The number of carbonyl (C=O) groups excluding carboxylic acids is 1. The van der Waals surface area contributed by atoms with Crippen molar-refractivity contribution in [2.75, 3.05) is 5.32 Å². The molecule has 174 valence electrons. The van der Waals surface area contributed by atoms with Crippen LogP contribution in [0.4, 0.5) is 5.69 Å². The maximum atomic E-state index is 13.2. The number of hydrogen-bond acceptors (Lipinski definition) is 5. The zero-order valence-electron chi connectivity index (χ0n) is 18.1. The molecule has 2 N–H and O–H groups in total. The third kappa shape index (κ3) is 5.72. The van der Waals surface area contributed by atoms with Gasteiger partial charge in [0.1, 0.15) is 11.6 Å². The van der Waals surface area contributed by atoms with Crippen LogP contribution in [0.25, 0.3) is 11.0 Å². The molecule has 34 heavy (non-hydrogen) atoms. The third-order valence-corrected chi connectivity index (χ3v) is 7.45. The SMILES string of the molecule is Cc1cc(=O)oc2cc(NC(=O)[C@@H](Cc3ccccc3)NS(=O)(=O)c3ccc(I)cc3)ccc12. The van der Waals surface area contributed by atoms with Crippen molar-refractivity contribution >= 4 is 55.2 Å². The van der Waals surface area contributed by atoms with Gasteiger partial charge in [-0.2, -0.15) is 4.72 Å². The highest BCUT2D eigenvalue weighted by molar-refractivity contribution is 14.1. The van der Waals surface area contributed by atoms with Crippen LogP contribution in [0.1, 0.15) is 11.1 Å². The van der Waals surface area contributed by atoms with Gasteiger partial charge in [0.2, 0.25) is 15.9 Å². The molecule has 0 saturated carbocycles. The largest absolute Gasteiger partial charge is 0.423 e. The first kappa shape index (κ1) is 24.1. The van der Waals surface area contributed by atoms with Crippen molar-refractivity contribution in [3.8, 4) is 0 Å². The van der Waals surface area contributed by atoms with E-state index in [1.165, 1.54) is 18.2 Å². The third-order valence-electron chi connectivity index (χ3n) is 5.24. The number of halogens is 1. The summed E-state index contributed by atoms with van der Waals surface area (Å²) in [6.07, 6.45) is 0.151. The number of amides is 1. The average Bonchev–Trinajstić information content (AvgIpc) is 2.79. The van der Waals surface area contributed by atoms with E-state index < -0.39 is 27.6 Å². The summed E-state index contributed by atoms with van der Waals surface area (Å²) in [6, 6.07) is 20.8. The summed E-state index contributed by atoms with van der Waals surface area (Å²) >= 11 is 2.09. The van der Waals surface area contributed by atoms with Crippen LogP contribution in [-0.2, 0) is 21.2 Å². The van der Waals surface area contributed by atoms with E-state index in [0.717, 1.165) is 20.1 Å². The summed E-state index contributed by atoms with van der Waals surface area (Å²) in [5.74, 6) is -0.535. The molecule has 3 aromatic carbocycles. The Kier molecular flexibility index (Phi) is 7.15. The van der Waals surface area contributed by atoms with Gasteiger partial charge in [-0.15, -0.1) is 0 Å². The van der Waals surface area contributed by atoms with Gasteiger partial charge in [0.25, 0.3) is 0 Å². The maximum Gasteiger partial charge on any atom is 0.336 e. The lowest BCUT2D eigenvalue weighted by atomic mass is 10.1. The van der Waals surface area contributed by atoms with Crippen LogP contribution in [-0.4, -0.2) is 20.4 Å². The van der Waals surface area contributed by atoms with Crippen LogP contribution in [0.5, 0.6) is 0 Å². The van der Waals surface area contributed by atoms with Gasteiger partial charge in [-0.25, -0.2) is 13.2 Å². The van der Waals surface area contributed by atoms with Gasteiger partial charge in [-0.05, 0) is 83.5 Å². The average molecular weight is 588 g/mol. The number of fused-ring (bicyclic) bond motifs is 1. The molecule has 4 aromatic rings. The number of rotatable bonds is 7. The Morgan fingerprint density at radius 3 is 2.41 bits per heavy atom. The minimum atomic E-state index is -3.95. The maximum absolute atomic E-state index is 13.2. The smallest absolute Gasteiger partial charge is 0.336 e. The summed E-state index contributed by atoms with van der Waals surface area (Å²) in [5, 5.41) is 3.50. The first-order chi connectivity index (χ1) is 16.2. The fourth-order valence-electron chi connectivity index (χ4n) is 3.54. The number of sulfonamides is 1. The topological polar surface area (TPSA) is 105 Å². The summed E-state index contributed by atoms with van der Waals surface area (Å²) in [7, 11) is -3.95. The van der Waals surface area contributed by atoms with Crippen molar-refractivity contribution in [3.63, 3.8) is 0 Å². The van der Waals surface area contributed by atoms with E-state index in [1.54, 1.807) is 37.3 Å². The van der Waals surface area contributed by atoms with Gasteiger partial charge >= 0.3 is 5.63 Å². The van der Waals surface area contributed by atoms with Gasteiger partial charge in [-0.1, -0.05) is 30.3 Å². The lowest BCUT2D eigenvalue weighted by molar-refractivity contribution is -0.117. The Balaban J connectivity index is 1.63. The molecule has 0 aliphatic heterocycles. The van der Waals surface area contributed by atoms with E-state index in [-0.39, 0.29) is 11.3 Å². The predicted molar refractivity (Wildman–Crippen MR) is 139 cm³/mol. The van der Waals surface area contributed by atoms with Gasteiger partial charge < -0.3 is 9.73 Å². The van der Waals surface area contributed by atoms with E-state index in [1.807, 2.05) is 30.3 Å². The lowest BCUT2D eigenvalue weighted by Crippen LogP contribution is -2.45. The Labute approximate surface area is 210 Å². The molecule has 7 nitrogen and oxygen atoms in total. The number of anilines is 1. The molecular weight excluding hydrogens is 567 g/mol. The molecule has 0 fully saturated rings. The highest BCUT2D eigenvalue weighted by Crippen LogP contribution is 2.21. The second kappa shape index (κ2) is 10.1. The zero-order valence-corrected chi connectivity index (χ0v) is 21.1. The standard InChI is InChI=1S/C25H21IN2O5S/c1-16-13-24(29)33-23-15-19(9-12-21(16)23)27-25(30)22(14-17-5-3-2-4-6-17)28-34(31,32)20-10-7-18(26)8-11-20/h2-13,15,22,28H,14H2,1H3,(H,27,30)/t22-/m1/s1. The molecule has 1 amide bonds. The first-order valence-electron chi connectivity index (χ1n) is 10.4. The molecule has 0 aliphatic carbocycles. The normalized spacial score (nSPS) is 12.4. The molecule has 0 aliphatic rings. The second-order valence-corrected chi connectivity index (χ2v) is 10.7. The Bertz CT molecular complexity index is 1500. The van der Waals surface area contributed by atoms with Crippen molar-refractivity contribution in [1.82, 2.24) is 4.72 Å². The molecule has 0 unspecified atom stereocenters. The summed E-state index contributed by atoms with van der Waals surface area (Å²) < 4.78 is 34.7. The summed E-state index contributed by atoms with van der Waals surface area (Å²) in [4.78, 5) is 25.0. The fraction of sp³-hybridized carbons (Fsp3) is 0.120. The van der Waals surface area contributed by atoms with E-state index >= 15 is 0 Å². The molecule has 9 heteroatoms. The number of aryl methyl sites for hydroxylation is 1. The van der Waals surface area contributed by atoms with Crippen molar-refractivity contribution < 1.29 is 17.6 Å². The highest BCUT2D eigenvalue weighted by Gasteiger charge is 2.26. The van der Waals surface area contributed by atoms with Gasteiger partial charge in [0, 0.05) is 26.8 Å². The summed E-state index contributed by atoms with van der Waals surface area (Å²) in [6.45, 7) is 1.80. The molecule has 1 aromatic heterocycles. The minimum absolute atomic E-state index is 0.0710. The fourth-order valence-corrected chi connectivity index (χ4v) is 5.09. The van der Waals surface area contributed by atoms with Crippen LogP contribution in [0.3, 0.4) is 0 Å². The number of nitrogens with one attached hydrogen (secondary N) is 2. The van der Waals surface area contributed by atoms with Crippen molar-refractivity contribution in [2.24, 2.45) is 0 Å². The Morgan fingerprint density at radius 2 is 1.71 bits per heavy atom. The van der Waals surface area contributed by atoms with E-state index in [4.69, 9.17) is 4.42 Å². The van der Waals surface area contributed by atoms with E-state index in [9.17, 15) is 18.0 Å². The lowest BCUT2D eigenvalue weighted by Gasteiger charge is -2.19. The van der Waals surface area contributed by atoms with E-state index in [0.29, 0.717) is 11.3 Å². The van der Waals surface area contributed by atoms with Crippen LogP contribution < -0.4 is 15.7 Å². The van der Waals surface area contributed by atoms with Gasteiger partial charge in [0.15, 0.2) is 0 Å². The Morgan fingerprint density at radius 1 is 1.00 bits per heavy atom. The highest BCUT2D eigenvalue weighted by atomic mass is 127. The van der Waals surface area contributed by atoms with Crippen LogP contribution in [0.2, 0.25) is 0 Å². The minimum Gasteiger partial charge on any atom is -0.423 e. The van der Waals surface area contributed by atoms with Gasteiger partial charge in [-0.3, -0.25) is 4.79 Å². The Hall–Kier alpha value is -3.02. The van der Waals surface area contributed by atoms with Gasteiger partial charge in [0.05, 0.1) is 4.90 Å². The predicted octanol–water partition coefficient (Wildman–Crippen LogP) is 4.23. The molecular formula is C25H21IN2O5S.